The lowest BCUT2D eigenvalue weighted by molar-refractivity contribution is -0.114. The predicted molar refractivity (Wildman–Crippen MR) is 142 cm³/mol. The van der Waals surface area contributed by atoms with E-state index in [9.17, 15) is 9.59 Å². The molecule has 182 valence electrons. The Morgan fingerprint density at radius 3 is 2.44 bits per heavy atom. The number of fused-ring (bicyclic) bond motifs is 1. The van der Waals surface area contributed by atoms with Crippen LogP contribution in [0.25, 0.3) is 10.8 Å². The number of hydrogen-bond donors (Lipinski definition) is 2. The summed E-state index contributed by atoms with van der Waals surface area (Å²) >= 11 is 0. The van der Waals surface area contributed by atoms with E-state index in [0.29, 0.717) is 36.0 Å². The van der Waals surface area contributed by atoms with Gasteiger partial charge in [-0.2, -0.15) is 5.10 Å². The van der Waals surface area contributed by atoms with E-state index in [1.165, 1.54) is 12.3 Å². The maximum absolute atomic E-state index is 12.3. The molecular weight excluding hydrogens is 454 g/mol. The average molecular weight is 482 g/mol. The largest absolute Gasteiger partial charge is 0.490 e. The summed E-state index contributed by atoms with van der Waals surface area (Å²) in [6, 6.07) is 26.4. The number of nitrogens with one attached hydrogen (secondary N) is 2. The smallest absolute Gasteiger partial charge is 0.271 e. The first-order valence-electron chi connectivity index (χ1n) is 11.6. The van der Waals surface area contributed by atoms with E-state index in [1.54, 1.807) is 30.5 Å². The Balaban J connectivity index is 1.41. The molecule has 0 fully saturated rings. The fourth-order valence-electron chi connectivity index (χ4n) is 3.70. The zero-order valence-corrected chi connectivity index (χ0v) is 20.2. The van der Waals surface area contributed by atoms with Gasteiger partial charge in [-0.1, -0.05) is 42.5 Å². The van der Waals surface area contributed by atoms with Crippen LogP contribution in [0, 0.1) is 0 Å². The number of hydrazone groups is 1. The molecule has 4 rings (SSSR count). The first kappa shape index (κ1) is 24.5. The normalized spacial score (nSPS) is 10.8. The maximum atomic E-state index is 12.3. The monoisotopic (exact) mass is 481 g/mol. The highest BCUT2D eigenvalue weighted by Gasteiger charge is 2.09. The van der Waals surface area contributed by atoms with Crippen LogP contribution in [0.5, 0.6) is 11.5 Å². The fraction of sp³-hybridized carbons (Fsp3) is 0.138. The number of anilines is 1. The van der Waals surface area contributed by atoms with Crippen LogP contribution in [-0.2, 0) is 11.4 Å². The summed E-state index contributed by atoms with van der Waals surface area (Å²) in [6.45, 7) is 4.23. The van der Waals surface area contributed by atoms with Gasteiger partial charge in [0, 0.05) is 18.2 Å². The van der Waals surface area contributed by atoms with Gasteiger partial charge in [0.05, 0.1) is 12.8 Å². The van der Waals surface area contributed by atoms with Crippen LogP contribution in [0.15, 0.2) is 90.0 Å². The molecule has 4 aromatic carbocycles. The molecule has 4 aromatic rings. The van der Waals surface area contributed by atoms with Gasteiger partial charge in [0.1, 0.15) is 6.61 Å². The number of carbonyl (C=O) groups is 2. The van der Waals surface area contributed by atoms with Crippen LogP contribution >= 0.6 is 0 Å². The van der Waals surface area contributed by atoms with Gasteiger partial charge in [-0.3, -0.25) is 9.59 Å². The molecule has 0 unspecified atom stereocenters. The molecule has 0 atom stereocenters. The first-order chi connectivity index (χ1) is 17.5. The van der Waals surface area contributed by atoms with Crippen molar-refractivity contribution >= 4 is 34.5 Å². The summed E-state index contributed by atoms with van der Waals surface area (Å²) in [7, 11) is 0. The Morgan fingerprint density at radius 2 is 1.67 bits per heavy atom. The lowest BCUT2D eigenvalue weighted by atomic mass is 10.1. The standard InChI is InChI=1S/C29H27N3O4/c1-3-35-28-17-21(18-30-32-29(34)23-12-14-25(15-13-23)31-20(2)33)11-16-27(28)36-19-24-9-6-8-22-7-4-5-10-26(22)24/h4-18H,3,19H2,1-2H3,(H,31,33)(H,32,34)/b30-18-. The van der Waals surface area contributed by atoms with E-state index in [2.05, 4.69) is 40.1 Å². The minimum atomic E-state index is -0.360. The van der Waals surface area contributed by atoms with Crippen LogP contribution in [-0.4, -0.2) is 24.6 Å². The predicted octanol–water partition coefficient (Wildman–Crippen LogP) is 5.54. The second-order valence-corrected chi connectivity index (χ2v) is 8.02. The van der Waals surface area contributed by atoms with E-state index in [1.807, 2.05) is 43.3 Å². The Kier molecular flexibility index (Phi) is 7.93. The maximum Gasteiger partial charge on any atom is 0.271 e. The van der Waals surface area contributed by atoms with Crippen molar-refractivity contribution in [3.05, 3.63) is 102 Å². The molecule has 0 saturated heterocycles. The number of nitrogens with zero attached hydrogens (tertiary/aromatic N) is 1. The highest BCUT2D eigenvalue weighted by Crippen LogP contribution is 2.30. The lowest BCUT2D eigenvalue weighted by Crippen LogP contribution is -2.17. The van der Waals surface area contributed by atoms with Gasteiger partial charge >= 0.3 is 0 Å². The third-order valence-corrected chi connectivity index (χ3v) is 5.38. The summed E-state index contributed by atoms with van der Waals surface area (Å²) in [5.41, 5.74) is 5.39. The Hall–Kier alpha value is -4.65. The first-order valence-corrected chi connectivity index (χ1v) is 11.6. The van der Waals surface area contributed by atoms with Crippen LogP contribution in [0.4, 0.5) is 5.69 Å². The van der Waals surface area contributed by atoms with Gasteiger partial charge in [0.15, 0.2) is 11.5 Å². The van der Waals surface area contributed by atoms with E-state index < -0.39 is 0 Å². The molecule has 0 spiro atoms. The Labute approximate surface area is 209 Å². The number of carbonyl (C=O) groups excluding carboxylic acids is 2. The van der Waals surface area contributed by atoms with Crippen molar-refractivity contribution in [2.24, 2.45) is 5.10 Å². The minimum Gasteiger partial charge on any atom is -0.490 e. The minimum absolute atomic E-state index is 0.173. The topological polar surface area (TPSA) is 89.0 Å². The van der Waals surface area contributed by atoms with E-state index >= 15 is 0 Å². The van der Waals surface area contributed by atoms with Crippen molar-refractivity contribution in [3.63, 3.8) is 0 Å². The van der Waals surface area contributed by atoms with Gasteiger partial charge in [0.25, 0.3) is 5.91 Å². The van der Waals surface area contributed by atoms with E-state index in [4.69, 9.17) is 9.47 Å². The summed E-state index contributed by atoms with van der Waals surface area (Å²) in [6.07, 6.45) is 1.54. The quantitative estimate of drug-likeness (QED) is 0.243. The van der Waals surface area contributed by atoms with Gasteiger partial charge in [-0.05, 0) is 71.3 Å². The number of benzene rings is 4. The van der Waals surface area contributed by atoms with Gasteiger partial charge < -0.3 is 14.8 Å². The Morgan fingerprint density at radius 1 is 0.889 bits per heavy atom. The molecule has 2 N–H and O–H groups in total. The molecule has 0 aromatic heterocycles. The van der Waals surface area contributed by atoms with Crippen LogP contribution in [0.1, 0.15) is 35.3 Å². The second-order valence-electron chi connectivity index (χ2n) is 8.02. The molecule has 36 heavy (non-hydrogen) atoms. The number of rotatable bonds is 9. The molecule has 0 aliphatic heterocycles. The lowest BCUT2D eigenvalue weighted by Gasteiger charge is -2.13. The molecule has 0 bridgehead atoms. The summed E-state index contributed by atoms with van der Waals surface area (Å²) < 4.78 is 11.9. The molecule has 0 saturated carbocycles. The number of amides is 2. The van der Waals surface area contributed by atoms with Crippen LogP contribution in [0.3, 0.4) is 0 Å². The van der Waals surface area contributed by atoms with E-state index in [0.717, 1.165) is 16.5 Å². The fourth-order valence-corrected chi connectivity index (χ4v) is 3.70. The summed E-state index contributed by atoms with van der Waals surface area (Å²) in [4.78, 5) is 23.5. The molecule has 0 aliphatic rings. The second kappa shape index (κ2) is 11.7. The van der Waals surface area contributed by atoms with Crippen molar-refractivity contribution in [2.75, 3.05) is 11.9 Å². The van der Waals surface area contributed by atoms with Crippen molar-refractivity contribution in [1.82, 2.24) is 5.43 Å². The third kappa shape index (κ3) is 6.27. The van der Waals surface area contributed by atoms with E-state index in [-0.39, 0.29) is 11.8 Å². The zero-order chi connectivity index (χ0) is 25.3. The van der Waals surface area contributed by atoms with Crippen LogP contribution in [0.2, 0.25) is 0 Å². The molecular formula is C29H27N3O4. The average Bonchev–Trinajstić information content (AvgIpc) is 2.88. The highest BCUT2D eigenvalue weighted by molar-refractivity contribution is 5.96. The van der Waals surface area contributed by atoms with Crippen molar-refractivity contribution in [1.29, 1.82) is 0 Å². The molecule has 2 amide bonds. The highest BCUT2D eigenvalue weighted by atomic mass is 16.5. The number of ether oxygens (including phenoxy) is 2. The summed E-state index contributed by atoms with van der Waals surface area (Å²) in [5.74, 6) is 0.695. The van der Waals surface area contributed by atoms with Crippen LogP contribution < -0.4 is 20.2 Å². The summed E-state index contributed by atoms with van der Waals surface area (Å²) in [5, 5.41) is 9.04. The molecule has 7 nitrogen and oxygen atoms in total. The van der Waals surface area contributed by atoms with Gasteiger partial charge in [-0.25, -0.2) is 5.43 Å². The van der Waals surface area contributed by atoms with Gasteiger partial charge in [-0.15, -0.1) is 0 Å². The van der Waals surface area contributed by atoms with Crippen molar-refractivity contribution in [3.8, 4) is 11.5 Å². The Bertz CT molecular complexity index is 1390. The third-order valence-electron chi connectivity index (χ3n) is 5.38. The molecule has 0 aliphatic carbocycles. The van der Waals surface area contributed by atoms with Gasteiger partial charge in [0.2, 0.25) is 5.91 Å². The van der Waals surface area contributed by atoms with Crippen molar-refractivity contribution in [2.45, 2.75) is 20.5 Å². The molecule has 0 radical (unpaired) electrons. The van der Waals surface area contributed by atoms with Crippen molar-refractivity contribution < 1.29 is 19.1 Å². The molecule has 0 heterocycles. The zero-order valence-electron chi connectivity index (χ0n) is 20.2. The SMILES string of the molecule is CCOc1cc(/C=N\NC(=O)c2ccc(NC(C)=O)cc2)ccc1OCc1cccc2ccccc12. The number of hydrogen-bond acceptors (Lipinski definition) is 5. The molecule has 7 heteroatoms.